The van der Waals surface area contributed by atoms with Crippen molar-refractivity contribution < 1.29 is 19.1 Å². The van der Waals surface area contributed by atoms with Crippen LogP contribution in [-0.4, -0.2) is 63.4 Å². The minimum Gasteiger partial charge on any atom is -0.481 e. The van der Waals surface area contributed by atoms with Crippen LogP contribution in [0.25, 0.3) is 22.4 Å². The lowest BCUT2D eigenvalue weighted by Crippen LogP contribution is -2.64. The van der Waals surface area contributed by atoms with Crippen LogP contribution < -0.4 is 26.6 Å². The molecule has 1 atom stereocenters. The van der Waals surface area contributed by atoms with Crippen LogP contribution in [0.2, 0.25) is 10.0 Å². The monoisotopic (exact) mass is 676 g/mol. The third kappa shape index (κ3) is 5.16. The summed E-state index contributed by atoms with van der Waals surface area (Å²) in [6.45, 7) is 1.81. The zero-order valence-corrected chi connectivity index (χ0v) is 27.2. The molecular weight excluding hydrogens is 647 g/mol. The van der Waals surface area contributed by atoms with E-state index in [0.29, 0.717) is 52.9 Å². The fraction of sp³-hybridized carbons (Fsp3) is 0.303. The Morgan fingerprint density at radius 2 is 1.77 bits per heavy atom. The molecular formula is C33H30Cl2N6O6. The molecule has 47 heavy (non-hydrogen) atoms. The topological polar surface area (TPSA) is 137 Å². The molecule has 0 bridgehead atoms. The van der Waals surface area contributed by atoms with Gasteiger partial charge in [-0.15, -0.1) is 0 Å². The molecule has 2 amide bonds. The molecule has 0 radical (unpaired) electrons. The van der Waals surface area contributed by atoms with Crippen molar-refractivity contribution in [1.82, 2.24) is 24.3 Å². The van der Waals surface area contributed by atoms with E-state index in [1.54, 1.807) is 25.3 Å². The predicted octanol–water partition coefficient (Wildman–Crippen LogP) is 4.16. The van der Waals surface area contributed by atoms with Crippen molar-refractivity contribution in [2.45, 2.75) is 24.5 Å². The standard InChI is InChI=1S/C33H30Cl2N6O6/c1-39-13-21(30(43)40(2)32(39)45)28(42)37-22-9-5-7-19(27(22)35)18-6-4-8-20(26(18)34)23-12-17-10-11-24(25(17)29(38-23)46-3)41-15-33(16-41)14-36-31(44)47-33/h4-9,12-13,24H,10-11,14-16H2,1-3H3,(H,36,44)(H,37,42). The Labute approximate surface area is 278 Å². The summed E-state index contributed by atoms with van der Waals surface area (Å²) in [5, 5.41) is 6.09. The normalized spacial score (nSPS) is 18.0. The smallest absolute Gasteiger partial charge is 0.407 e. The van der Waals surface area contributed by atoms with Gasteiger partial charge in [0.1, 0.15) is 5.56 Å². The van der Waals surface area contributed by atoms with Gasteiger partial charge >= 0.3 is 11.8 Å². The summed E-state index contributed by atoms with van der Waals surface area (Å²) in [5.74, 6) is -0.182. The van der Waals surface area contributed by atoms with E-state index < -0.39 is 22.8 Å². The maximum Gasteiger partial charge on any atom is 0.407 e. The Kier molecular flexibility index (Phi) is 7.61. The highest BCUT2D eigenvalue weighted by atomic mass is 35.5. The number of nitrogens with zero attached hydrogens (tertiary/aromatic N) is 4. The predicted molar refractivity (Wildman–Crippen MR) is 176 cm³/mol. The van der Waals surface area contributed by atoms with E-state index in [-0.39, 0.29) is 28.4 Å². The largest absolute Gasteiger partial charge is 0.481 e. The van der Waals surface area contributed by atoms with E-state index in [0.717, 1.165) is 33.1 Å². The molecule has 4 heterocycles. The Bertz CT molecular complexity index is 2100. The third-order valence-electron chi connectivity index (χ3n) is 9.11. The number of anilines is 1. The van der Waals surface area contributed by atoms with E-state index in [2.05, 4.69) is 15.5 Å². The Balaban J connectivity index is 1.18. The SMILES string of the molecule is COc1nc(-c2cccc(-c3cccc(NC(=O)c4cn(C)c(=O)n(C)c4=O)c3Cl)c2Cl)cc2c1C(N1CC3(CNC(=O)O3)C1)CC2. The molecule has 242 valence electrons. The number of likely N-dealkylation sites (tertiary alicyclic amines) is 1. The van der Waals surface area contributed by atoms with Crippen LogP contribution in [0, 0.1) is 0 Å². The highest BCUT2D eigenvalue weighted by Crippen LogP contribution is 2.47. The van der Waals surface area contributed by atoms with E-state index in [4.69, 9.17) is 37.7 Å². The van der Waals surface area contributed by atoms with E-state index >= 15 is 0 Å². The first-order valence-corrected chi connectivity index (χ1v) is 15.7. The van der Waals surface area contributed by atoms with E-state index in [9.17, 15) is 19.2 Å². The highest BCUT2D eigenvalue weighted by Gasteiger charge is 2.53. The minimum absolute atomic E-state index is 0.103. The number of methoxy groups -OCH3 is 1. The number of pyridine rings is 1. The molecule has 2 aromatic heterocycles. The molecule has 4 aromatic rings. The van der Waals surface area contributed by atoms with Crippen LogP contribution in [0.15, 0.2) is 58.3 Å². The molecule has 1 unspecified atom stereocenters. The van der Waals surface area contributed by atoms with Crippen LogP contribution in [0.3, 0.4) is 0 Å². The number of carbonyl (C=O) groups excluding carboxylic acids is 2. The molecule has 2 N–H and O–H groups in total. The number of aromatic nitrogens is 3. The summed E-state index contributed by atoms with van der Waals surface area (Å²) in [6.07, 6.45) is 2.55. The summed E-state index contributed by atoms with van der Waals surface area (Å²) >= 11 is 13.9. The van der Waals surface area contributed by atoms with Gasteiger partial charge in [-0.3, -0.25) is 19.1 Å². The number of fused-ring (bicyclic) bond motifs is 1. The average molecular weight is 678 g/mol. The quantitative estimate of drug-likeness (QED) is 0.311. The molecule has 1 aliphatic carbocycles. The minimum atomic E-state index is -0.720. The fourth-order valence-electron chi connectivity index (χ4n) is 6.76. The lowest BCUT2D eigenvalue weighted by molar-refractivity contribution is -0.0925. The molecule has 2 aliphatic heterocycles. The fourth-order valence-corrected chi connectivity index (χ4v) is 7.36. The molecule has 3 aliphatic rings. The number of halogens is 2. The van der Waals surface area contributed by atoms with Gasteiger partial charge < -0.3 is 24.7 Å². The summed E-state index contributed by atoms with van der Waals surface area (Å²) in [6, 6.07) is 12.8. The third-order valence-corrected chi connectivity index (χ3v) is 9.93. The number of hydrogen-bond donors (Lipinski definition) is 2. The molecule has 12 nitrogen and oxygen atoms in total. The Hall–Kier alpha value is -4.65. The maximum absolute atomic E-state index is 13.1. The van der Waals surface area contributed by atoms with Crippen molar-refractivity contribution in [2.75, 3.05) is 32.1 Å². The summed E-state index contributed by atoms with van der Waals surface area (Å²) in [7, 11) is 4.37. The van der Waals surface area contributed by atoms with Gasteiger partial charge in [0.15, 0.2) is 5.60 Å². The number of carbonyl (C=O) groups is 2. The zero-order chi connectivity index (χ0) is 33.2. The lowest BCUT2D eigenvalue weighted by atomic mass is 9.91. The van der Waals surface area contributed by atoms with Gasteiger partial charge in [-0.2, -0.15) is 0 Å². The number of nitrogens with one attached hydrogen (secondary N) is 2. The first kappa shape index (κ1) is 31.0. The Morgan fingerprint density at radius 3 is 2.47 bits per heavy atom. The van der Waals surface area contributed by atoms with Crippen molar-refractivity contribution in [3.8, 4) is 28.3 Å². The highest BCUT2D eigenvalue weighted by molar-refractivity contribution is 6.39. The second-order valence-electron chi connectivity index (χ2n) is 12.1. The van der Waals surface area contributed by atoms with Crippen LogP contribution in [-0.2, 0) is 25.3 Å². The van der Waals surface area contributed by atoms with Crippen LogP contribution >= 0.6 is 23.2 Å². The number of benzene rings is 2. The molecule has 2 saturated heterocycles. The Morgan fingerprint density at radius 1 is 1.06 bits per heavy atom. The van der Waals surface area contributed by atoms with Gasteiger partial charge in [0.05, 0.1) is 35.1 Å². The first-order valence-electron chi connectivity index (χ1n) is 14.9. The van der Waals surface area contributed by atoms with Gasteiger partial charge in [-0.05, 0) is 30.5 Å². The van der Waals surface area contributed by atoms with Gasteiger partial charge in [-0.1, -0.05) is 53.5 Å². The summed E-state index contributed by atoms with van der Waals surface area (Å²) < 4.78 is 13.4. The molecule has 2 aromatic carbocycles. The summed E-state index contributed by atoms with van der Waals surface area (Å²) in [4.78, 5) is 56.6. The molecule has 2 fully saturated rings. The molecule has 7 rings (SSSR count). The van der Waals surface area contributed by atoms with Crippen molar-refractivity contribution in [3.05, 3.63) is 96.2 Å². The van der Waals surface area contributed by atoms with E-state index in [1.165, 1.54) is 20.3 Å². The van der Waals surface area contributed by atoms with Crippen LogP contribution in [0.5, 0.6) is 5.88 Å². The van der Waals surface area contributed by atoms with E-state index in [1.807, 2.05) is 24.3 Å². The van der Waals surface area contributed by atoms with Crippen molar-refractivity contribution in [2.24, 2.45) is 14.1 Å². The van der Waals surface area contributed by atoms with Crippen LogP contribution in [0.1, 0.15) is 33.9 Å². The zero-order valence-electron chi connectivity index (χ0n) is 25.7. The number of aryl methyl sites for hydroxylation is 2. The number of ether oxygens (including phenoxy) is 2. The number of alkyl carbamates (subject to hydrolysis) is 1. The van der Waals surface area contributed by atoms with Crippen molar-refractivity contribution in [1.29, 1.82) is 0 Å². The van der Waals surface area contributed by atoms with Gasteiger partial charge in [0, 0.05) is 61.7 Å². The number of rotatable bonds is 6. The number of hydrogen-bond acceptors (Lipinski definition) is 8. The first-order chi connectivity index (χ1) is 22.5. The molecule has 1 spiro atoms. The molecule has 0 saturated carbocycles. The summed E-state index contributed by atoms with van der Waals surface area (Å²) in [5.41, 5.74) is 3.00. The number of amides is 2. The second kappa shape index (κ2) is 11.5. The molecule has 14 heteroatoms. The second-order valence-corrected chi connectivity index (χ2v) is 12.8. The van der Waals surface area contributed by atoms with Gasteiger partial charge in [-0.25, -0.2) is 14.6 Å². The van der Waals surface area contributed by atoms with Gasteiger partial charge in [0.25, 0.3) is 11.5 Å². The van der Waals surface area contributed by atoms with Crippen LogP contribution in [0.4, 0.5) is 10.5 Å². The lowest BCUT2D eigenvalue weighted by Gasteiger charge is -2.48. The maximum atomic E-state index is 13.1. The average Bonchev–Trinajstić information content (AvgIpc) is 3.65. The van der Waals surface area contributed by atoms with Crippen molar-refractivity contribution in [3.63, 3.8) is 0 Å². The van der Waals surface area contributed by atoms with Gasteiger partial charge in [0.2, 0.25) is 5.88 Å². The van der Waals surface area contributed by atoms with Crippen molar-refractivity contribution >= 4 is 40.9 Å².